The molecule has 7 rings (SSSR count). The summed E-state index contributed by atoms with van der Waals surface area (Å²) in [7, 11) is 0. The lowest BCUT2D eigenvalue weighted by atomic mass is 9.33. The van der Waals surface area contributed by atoms with E-state index < -0.39 is 52.1 Å². The molecule has 0 unspecified atom stereocenters. The van der Waals surface area contributed by atoms with Crippen LogP contribution < -0.4 is 10.6 Å². The number of amides is 2. The number of nitrogens with one attached hydrogen (secondary N) is 2. The largest absolute Gasteiger partial charge is 0.481 e. The summed E-state index contributed by atoms with van der Waals surface area (Å²) in [4.78, 5) is 66.5. The van der Waals surface area contributed by atoms with Crippen molar-refractivity contribution >= 4 is 29.5 Å². The molecule has 5 saturated carbocycles. The highest BCUT2D eigenvalue weighted by Crippen LogP contribution is 2.77. The van der Waals surface area contributed by atoms with Crippen LogP contribution in [0, 0.1) is 81.8 Å². The minimum atomic E-state index is -1.31. The maximum atomic E-state index is 14.2. The standard InChI is InChI=1S/C49H73N3O9/c1-25(2)36-31(53)23-49(34(54)24-50-42(59)45(9,10)51-39(55)37-26(3)52-61-27(37)4)21-20-47(12)28(38(36)49)14-15-33-46(11)18-17-35(44(7,8)32(46)16-19-48(33,47)13)60-41(58)30-22-29(40(56)57)43(30,5)6/h25,28-30,32-35,54H,14-24H2,1-13H3,(H,50,59)(H,51,55)(H,56,57)/t28-,29+,30-,32+,33-,34+,35+,46+,47-,48-,49+/m1/s1. The van der Waals surface area contributed by atoms with Gasteiger partial charge >= 0.3 is 11.9 Å². The number of carboxylic acids is 1. The fourth-order valence-corrected chi connectivity index (χ4v) is 15.1. The van der Waals surface area contributed by atoms with Crippen molar-refractivity contribution in [2.24, 2.45) is 68.0 Å². The van der Waals surface area contributed by atoms with Gasteiger partial charge in [0.15, 0.2) is 5.78 Å². The van der Waals surface area contributed by atoms with Crippen LogP contribution in [-0.2, 0) is 23.9 Å². The second kappa shape index (κ2) is 14.8. The topological polar surface area (TPSA) is 185 Å². The zero-order valence-electron chi connectivity index (χ0n) is 39.1. The number of esters is 1. The summed E-state index contributed by atoms with van der Waals surface area (Å²) in [6.07, 6.45) is 6.48. The molecule has 0 saturated heterocycles. The molecule has 0 spiro atoms. The third-order valence-corrected chi connectivity index (χ3v) is 18.9. The van der Waals surface area contributed by atoms with Crippen molar-refractivity contribution < 1.29 is 43.4 Å². The molecule has 5 fully saturated rings. The van der Waals surface area contributed by atoms with E-state index in [4.69, 9.17) is 9.26 Å². The number of hydrogen-bond donors (Lipinski definition) is 4. The lowest BCUT2D eigenvalue weighted by molar-refractivity contribution is -0.238. The number of allylic oxidation sites excluding steroid dienone is 1. The first kappa shape index (κ1) is 45.5. The Balaban J connectivity index is 1.10. The second-order valence-electron chi connectivity index (χ2n) is 23.1. The van der Waals surface area contributed by atoms with E-state index >= 15 is 0 Å². The molecule has 0 bridgehead atoms. The Morgan fingerprint density at radius 2 is 1.56 bits per heavy atom. The number of aryl methyl sites for hydroxylation is 2. The number of aliphatic carboxylic acids is 1. The molecule has 4 N–H and O–H groups in total. The summed E-state index contributed by atoms with van der Waals surface area (Å²) in [5.41, 5.74) is -0.456. The highest BCUT2D eigenvalue weighted by atomic mass is 16.5. The Labute approximate surface area is 362 Å². The van der Waals surface area contributed by atoms with Gasteiger partial charge in [-0.2, -0.15) is 0 Å². The Morgan fingerprint density at radius 1 is 0.885 bits per heavy atom. The maximum absolute atomic E-state index is 14.2. The van der Waals surface area contributed by atoms with Crippen LogP contribution in [-0.4, -0.2) is 69.2 Å². The lowest BCUT2D eigenvalue weighted by Gasteiger charge is -2.72. The molecule has 61 heavy (non-hydrogen) atoms. The first-order valence-electron chi connectivity index (χ1n) is 23.0. The van der Waals surface area contributed by atoms with Gasteiger partial charge in [-0.05, 0) is 136 Å². The molecular formula is C49H73N3O9. The fraction of sp³-hybridized carbons (Fsp3) is 0.796. The number of carboxylic acid groups (broad SMARTS) is 1. The van der Waals surface area contributed by atoms with E-state index in [1.54, 1.807) is 27.7 Å². The van der Waals surface area contributed by atoms with Crippen molar-refractivity contribution in [3.63, 3.8) is 0 Å². The number of aliphatic hydroxyl groups is 1. The maximum Gasteiger partial charge on any atom is 0.309 e. The lowest BCUT2D eigenvalue weighted by Crippen LogP contribution is -2.66. The summed E-state index contributed by atoms with van der Waals surface area (Å²) >= 11 is 0. The van der Waals surface area contributed by atoms with Crippen LogP contribution in [0.2, 0.25) is 0 Å². The average molecular weight is 848 g/mol. The predicted octanol–water partition coefficient (Wildman–Crippen LogP) is 7.92. The SMILES string of the molecule is Cc1noc(C)c1C(=O)NC(C)(C)C(=O)NC[C@H](O)[C@@]12CC[C@]3(C)[C@H](CC[C@@H]4[C@@]5(C)CC[C@H](OC(=O)[C@H]6C[C@@H](C(=O)O)C6(C)C)C(C)(C)[C@@H]5CC[C@]43C)C1=C(C(C)C)C(=O)C2. The van der Waals surface area contributed by atoms with E-state index in [0.29, 0.717) is 41.7 Å². The minimum absolute atomic E-state index is 0.00432. The molecule has 12 nitrogen and oxygen atoms in total. The van der Waals surface area contributed by atoms with Gasteiger partial charge in [0.25, 0.3) is 5.91 Å². The molecule has 12 heteroatoms. The molecule has 0 radical (unpaired) electrons. The summed E-state index contributed by atoms with van der Waals surface area (Å²) in [6.45, 7) is 26.5. The Hall–Kier alpha value is -3.54. The molecule has 6 aliphatic carbocycles. The van der Waals surface area contributed by atoms with Gasteiger partial charge < -0.3 is 30.1 Å². The molecule has 2 amide bonds. The van der Waals surface area contributed by atoms with E-state index in [1.165, 1.54) is 0 Å². The van der Waals surface area contributed by atoms with E-state index in [9.17, 15) is 34.2 Å². The van der Waals surface area contributed by atoms with Crippen molar-refractivity contribution in [3.05, 3.63) is 28.2 Å². The molecule has 11 atom stereocenters. The van der Waals surface area contributed by atoms with Crippen LogP contribution in [0.4, 0.5) is 0 Å². The van der Waals surface area contributed by atoms with Gasteiger partial charge in [-0.15, -0.1) is 0 Å². The minimum Gasteiger partial charge on any atom is -0.481 e. The van der Waals surface area contributed by atoms with Gasteiger partial charge in [-0.3, -0.25) is 24.0 Å². The quantitative estimate of drug-likeness (QED) is 0.169. The zero-order valence-corrected chi connectivity index (χ0v) is 39.1. The summed E-state index contributed by atoms with van der Waals surface area (Å²) < 4.78 is 11.6. The van der Waals surface area contributed by atoms with Gasteiger partial charge in [-0.1, -0.05) is 73.0 Å². The Morgan fingerprint density at radius 3 is 2.15 bits per heavy atom. The summed E-state index contributed by atoms with van der Waals surface area (Å²) in [6, 6.07) is 0. The average Bonchev–Trinajstić information content (AvgIpc) is 3.65. The molecule has 6 aliphatic rings. The van der Waals surface area contributed by atoms with Crippen LogP contribution >= 0.6 is 0 Å². The highest BCUT2D eigenvalue weighted by molar-refractivity contribution is 6.01. The third-order valence-electron chi connectivity index (χ3n) is 18.9. The highest BCUT2D eigenvalue weighted by Gasteiger charge is 2.71. The van der Waals surface area contributed by atoms with Crippen LogP contribution in [0.5, 0.6) is 0 Å². The monoisotopic (exact) mass is 848 g/mol. The van der Waals surface area contributed by atoms with Gasteiger partial charge in [-0.25, -0.2) is 0 Å². The summed E-state index contributed by atoms with van der Waals surface area (Å²) in [5.74, 6) is -1.65. The molecule has 0 aromatic carbocycles. The second-order valence-corrected chi connectivity index (χ2v) is 23.1. The van der Waals surface area contributed by atoms with Crippen LogP contribution in [0.1, 0.15) is 162 Å². The van der Waals surface area contributed by atoms with Crippen LogP contribution in [0.3, 0.4) is 0 Å². The van der Waals surface area contributed by atoms with E-state index in [1.807, 2.05) is 13.8 Å². The number of hydrogen-bond acceptors (Lipinski definition) is 9. The van der Waals surface area contributed by atoms with Crippen molar-refractivity contribution in [2.45, 2.75) is 172 Å². The molecule has 1 heterocycles. The van der Waals surface area contributed by atoms with Gasteiger partial charge in [0.1, 0.15) is 23.0 Å². The van der Waals surface area contributed by atoms with E-state index in [-0.39, 0.29) is 64.3 Å². The zero-order chi connectivity index (χ0) is 45.2. The Kier molecular flexibility index (Phi) is 11.0. The number of nitrogens with zero attached hydrogens (tertiary/aromatic N) is 1. The Bertz CT molecular complexity index is 2030. The number of ketones is 1. The predicted molar refractivity (Wildman–Crippen MR) is 229 cm³/mol. The number of ether oxygens (including phenoxy) is 1. The van der Waals surface area contributed by atoms with Crippen LogP contribution in [0.15, 0.2) is 15.7 Å². The first-order chi connectivity index (χ1) is 28.1. The number of aromatic nitrogens is 1. The van der Waals surface area contributed by atoms with E-state index in [0.717, 1.165) is 56.1 Å². The molecule has 1 aromatic rings. The third kappa shape index (κ3) is 6.59. The molecule has 338 valence electrons. The van der Waals surface area contributed by atoms with Gasteiger partial charge in [0, 0.05) is 23.8 Å². The number of carbonyl (C=O) groups is 5. The van der Waals surface area contributed by atoms with Gasteiger partial charge in [0.05, 0.1) is 23.6 Å². The molecule has 1 aromatic heterocycles. The number of aliphatic hydroxyl groups excluding tert-OH is 1. The first-order valence-corrected chi connectivity index (χ1v) is 23.0. The normalized spacial score (nSPS) is 38.0. The van der Waals surface area contributed by atoms with Crippen molar-refractivity contribution in [3.8, 4) is 0 Å². The van der Waals surface area contributed by atoms with Gasteiger partial charge in [0.2, 0.25) is 5.91 Å². The van der Waals surface area contributed by atoms with Crippen LogP contribution in [0.25, 0.3) is 0 Å². The molecular weight excluding hydrogens is 775 g/mol. The summed E-state index contributed by atoms with van der Waals surface area (Å²) in [5, 5.41) is 31.6. The number of fused-ring (bicyclic) bond motifs is 7. The number of rotatable bonds is 10. The number of Topliss-reactive ketones (excluding diaryl/α,β-unsaturated/α-hetero) is 1. The smallest absolute Gasteiger partial charge is 0.309 e. The number of carbonyl (C=O) groups excluding carboxylic acids is 4. The van der Waals surface area contributed by atoms with Crippen molar-refractivity contribution in [2.75, 3.05) is 6.54 Å². The fourth-order valence-electron chi connectivity index (χ4n) is 15.1. The van der Waals surface area contributed by atoms with Crippen molar-refractivity contribution in [1.82, 2.24) is 15.8 Å². The van der Waals surface area contributed by atoms with E-state index in [2.05, 4.69) is 64.3 Å². The molecule has 0 aliphatic heterocycles. The van der Waals surface area contributed by atoms with Crippen molar-refractivity contribution in [1.29, 1.82) is 0 Å².